The van der Waals surface area contributed by atoms with Gasteiger partial charge in [-0.1, -0.05) is 44.2 Å². The number of imidazole rings is 1. The zero-order valence-corrected chi connectivity index (χ0v) is 50.5. The van der Waals surface area contributed by atoms with Crippen molar-refractivity contribution in [1.82, 2.24) is 73.4 Å². The lowest BCUT2D eigenvalue weighted by atomic mass is 10.0. The monoisotopic (exact) mass is 1250 g/mol. The van der Waals surface area contributed by atoms with Crippen LogP contribution < -0.4 is 81.4 Å². The SMILES string of the molecule is CC(C)[C@H](NC(=O)[C@H](CC(N)=O)NC(=O)[C@H](C)NC(=O)[C@H](Cc1ccccc1)NC(=O)[C@H](CCCCN)NC(=O)[C@H](C)NC(=O)[C@@H](N)Cc1c[nH]cn1)C(=O)N[C@@H](C)C(=O)N[C@@H](CO)C(=O)N1CCC[C@H]1C(=O)N[C@@H](CCCNC(=N)N)C(=O)NCC(=O)O. The standard InChI is InChI=1S/C55H87N19O15/c1-28(2)43(53(88)67-31(5)46(81)72-39(26-75)54(89)74-20-12-17-40(74)52(87)69-35(16-11-19-62-55(59)60)48(83)63-25-42(77)78)73-51(86)38(23-41(58)76)70-45(80)30(4)66-50(85)37(21-32-13-7-6-8-14-32)71-49(84)36(15-9-10-18-56)68-44(79)29(3)65-47(82)34(57)22-33-24-61-27-64-33/h6-8,13-14,24,27-31,34-40,43,75H,9-12,15-23,25-26,56-57H2,1-5H3,(H2,58,76)(H,61,64)(H,63,83)(H,65,82)(H,66,85)(H,67,88)(H,68,79)(H,69,87)(H,70,80)(H,71,84)(H,72,81)(H,73,86)(H,77,78)(H4,59,60,62)/t29-,30-,31-,34-,35-,36-,37-,38-,39-,40-,43-/m0/s1. The molecule has 0 spiro atoms. The summed E-state index contributed by atoms with van der Waals surface area (Å²) in [6, 6.07) is -6.55. The van der Waals surface area contributed by atoms with E-state index in [4.69, 9.17) is 33.5 Å². The third kappa shape index (κ3) is 25.5. The van der Waals surface area contributed by atoms with Crippen LogP contribution in [0.1, 0.15) is 97.2 Å². The topological polar surface area (TPSA) is 555 Å². The number of hydrogen-bond acceptors (Lipinski definition) is 18. The summed E-state index contributed by atoms with van der Waals surface area (Å²) < 4.78 is 0. The molecule has 1 aromatic carbocycles. The van der Waals surface area contributed by atoms with E-state index >= 15 is 0 Å². The van der Waals surface area contributed by atoms with Crippen LogP contribution in [0.4, 0.5) is 0 Å². The number of nitrogens with two attached hydrogens (primary N) is 4. The Balaban J connectivity index is 1.70. The predicted molar refractivity (Wildman–Crippen MR) is 318 cm³/mol. The summed E-state index contributed by atoms with van der Waals surface area (Å²) in [5, 5.41) is 53.8. The van der Waals surface area contributed by atoms with Gasteiger partial charge < -0.3 is 102 Å². The van der Waals surface area contributed by atoms with Gasteiger partial charge in [0.25, 0.3) is 0 Å². The summed E-state index contributed by atoms with van der Waals surface area (Å²) in [7, 11) is 0. The van der Waals surface area contributed by atoms with E-state index in [2.05, 4.69) is 68.5 Å². The molecule has 0 radical (unpaired) electrons. The van der Waals surface area contributed by atoms with Gasteiger partial charge in [0, 0.05) is 32.1 Å². The first kappa shape index (κ1) is 73.9. The van der Waals surface area contributed by atoms with E-state index in [0.717, 1.165) is 4.90 Å². The molecule has 2 aromatic rings. The molecule has 2 heterocycles. The van der Waals surface area contributed by atoms with Gasteiger partial charge in [-0.25, -0.2) is 4.98 Å². The zero-order valence-electron chi connectivity index (χ0n) is 50.5. The van der Waals surface area contributed by atoms with Gasteiger partial charge in [-0.05, 0) is 83.7 Å². The van der Waals surface area contributed by atoms with Crippen molar-refractivity contribution in [2.75, 3.05) is 32.8 Å². The first-order valence-corrected chi connectivity index (χ1v) is 29.0. The molecule has 0 saturated carbocycles. The predicted octanol–water partition coefficient (Wildman–Crippen LogP) is -6.95. The summed E-state index contributed by atoms with van der Waals surface area (Å²) in [5.74, 6) is -13.1. The molecule has 1 aromatic heterocycles. The number of guanidine groups is 1. The molecule has 1 aliphatic heterocycles. The number of likely N-dealkylation sites (tertiary alicyclic amines) is 1. The number of aliphatic hydroxyl groups is 1. The molecule has 23 N–H and O–H groups in total. The quantitative estimate of drug-likeness (QED) is 0.0169. The van der Waals surface area contributed by atoms with Crippen molar-refractivity contribution in [1.29, 1.82) is 5.41 Å². The van der Waals surface area contributed by atoms with E-state index in [0.29, 0.717) is 30.5 Å². The number of carboxylic acid groups (broad SMARTS) is 1. The minimum Gasteiger partial charge on any atom is -0.480 e. The maximum atomic E-state index is 14.1. The lowest BCUT2D eigenvalue weighted by molar-refractivity contribution is -0.143. The second-order valence-electron chi connectivity index (χ2n) is 21.7. The number of rotatable bonds is 38. The van der Waals surface area contributed by atoms with Crippen LogP contribution in [-0.2, 0) is 75.2 Å². The number of unbranched alkanes of at least 4 members (excludes halogenated alkanes) is 1. The van der Waals surface area contributed by atoms with Gasteiger partial charge in [0.1, 0.15) is 67.0 Å². The van der Waals surface area contributed by atoms with Crippen LogP contribution in [0.5, 0.6) is 0 Å². The molecule has 492 valence electrons. The molecule has 1 saturated heterocycles. The van der Waals surface area contributed by atoms with Crippen LogP contribution >= 0.6 is 0 Å². The number of amides is 12. The molecule has 1 fully saturated rings. The van der Waals surface area contributed by atoms with Crippen molar-refractivity contribution in [3.8, 4) is 0 Å². The van der Waals surface area contributed by atoms with Crippen LogP contribution in [0.2, 0.25) is 0 Å². The Bertz CT molecular complexity index is 2770. The van der Waals surface area contributed by atoms with E-state index < -0.39 is 169 Å². The number of nitrogens with one attached hydrogen (secondary N) is 13. The maximum absolute atomic E-state index is 14.1. The van der Waals surface area contributed by atoms with E-state index in [1.54, 1.807) is 36.5 Å². The lowest BCUT2D eigenvalue weighted by Gasteiger charge is -2.30. The van der Waals surface area contributed by atoms with Crippen molar-refractivity contribution in [3.05, 3.63) is 54.1 Å². The highest BCUT2D eigenvalue weighted by Crippen LogP contribution is 2.20. The van der Waals surface area contributed by atoms with Gasteiger partial charge in [-0.3, -0.25) is 67.7 Å². The number of carbonyl (C=O) groups excluding carboxylic acids is 12. The lowest BCUT2D eigenvalue weighted by Crippen LogP contribution is -2.61. The molecule has 89 heavy (non-hydrogen) atoms. The van der Waals surface area contributed by atoms with Gasteiger partial charge in [-0.2, -0.15) is 0 Å². The number of H-pyrrole nitrogens is 1. The number of aromatic amines is 1. The molecule has 0 aliphatic carbocycles. The Hall–Kier alpha value is -9.31. The highest BCUT2D eigenvalue weighted by molar-refractivity contribution is 6.00. The van der Waals surface area contributed by atoms with Crippen LogP contribution in [-0.4, -0.2) is 207 Å². The first-order chi connectivity index (χ1) is 42.1. The van der Waals surface area contributed by atoms with E-state index in [1.165, 1.54) is 40.9 Å². The number of aliphatic hydroxyl groups excluding tert-OH is 1. The van der Waals surface area contributed by atoms with Crippen LogP contribution in [0.3, 0.4) is 0 Å². The van der Waals surface area contributed by atoms with Gasteiger partial charge in [0.15, 0.2) is 5.96 Å². The summed E-state index contributed by atoms with van der Waals surface area (Å²) in [6.45, 7) is 5.63. The number of primary amides is 1. The van der Waals surface area contributed by atoms with Crippen molar-refractivity contribution in [2.24, 2.45) is 28.9 Å². The fourth-order valence-corrected chi connectivity index (χ4v) is 9.08. The summed E-state index contributed by atoms with van der Waals surface area (Å²) in [5.41, 5.74) is 23.6. The molecule has 12 amide bonds. The van der Waals surface area contributed by atoms with Crippen molar-refractivity contribution in [2.45, 2.75) is 165 Å². The number of benzene rings is 1. The number of nitrogens with zero attached hydrogens (tertiary/aromatic N) is 2. The highest BCUT2D eigenvalue weighted by Gasteiger charge is 2.40. The Labute approximate surface area is 513 Å². The third-order valence-electron chi connectivity index (χ3n) is 14.0. The fraction of sp³-hybridized carbons (Fsp3) is 0.582. The van der Waals surface area contributed by atoms with E-state index in [1.807, 2.05) is 0 Å². The largest absolute Gasteiger partial charge is 0.480 e. The average molecular weight is 1250 g/mol. The molecular formula is C55H87N19O15. The second kappa shape index (κ2) is 37.4. The van der Waals surface area contributed by atoms with E-state index in [-0.39, 0.29) is 64.1 Å². The minimum atomic E-state index is -1.74. The van der Waals surface area contributed by atoms with Crippen LogP contribution in [0.25, 0.3) is 0 Å². The number of aliphatic carboxylic acids is 1. The average Bonchev–Trinajstić information content (AvgIpc) is 2.73. The van der Waals surface area contributed by atoms with E-state index in [9.17, 15) is 67.4 Å². The number of aromatic nitrogens is 2. The maximum Gasteiger partial charge on any atom is 0.322 e. The highest BCUT2D eigenvalue weighted by atomic mass is 16.4. The Morgan fingerprint density at radius 1 is 0.652 bits per heavy atom. The van der Waals surface area contributed by atoms with Gasteiger partial charge in [-0.15, -0.1) is 0 Å². The van der Waals surface area contributed by atoms with Gasteiger partial charge in [0.05, 0.1) is 31.1 Å². The normalized spacial score (nSPS) is 16.1. The number of hydrogen-bond donors (Lipinski definition) is 19. The van der Waals surface area contributed by atoms with Crippen molar-refractivity contribution in [3.63, 3.8) is 0 Å². The molecule has 3 rings (SSSR count). The van der Waals surface area contributed by atoms with Crippen LogP contribution in [0.15, 0.2) is 42.9 Å². The second-order valence-corrected chi connectivity index (χ2v) is 21.7. The minimum absolute atomic E-state index is 0.00137. The van der Waals surface area contributed by atoms with Gasteiger partial charge in [0.2, 0.25) is 70.9 Å². The molecule has 34 heteroatoms. The summed E-state index contributed by atoms with van der Waals surface area (Å²) in [4.78, 5) is 181. The molecule has 11 atom stereocenters. The van der Waals surface area contributed by atoms with Gasteiger partial charge >= 0.3 is 5.97 Å². The molecule has 34 nitrogen and oxygen atoms in total. The molecular weight excluding hydrogens is 1170 g/mol. The third-order valence-corrected chi connectivity index (χ3v) is 14.0. The smallest absolute Gasteiger partial charge is 0.322 e. The fourth-order valence-electron chi connectivity index (χ4n) is 9.08. The Kier molecular flexibility index (Phi) is 31.1. The summed E-state index contributed by atoms with van der Waals surface area (Å²) in [6.07, 6.45) is 3.68. The molecule has 0 bridgehead atoms. The molecule has 0 unspecified atom stereocenters. The Morgan fingerprint density at radius 2 is 1.20 bits per heavy atom. The van der Waals surface area contributed by atoms with Crippen molar-refractivity contribution >= 4 is 82.8 Å². The Morgan fingerprint density at radius 3 is 1.76 bits per heavy atom. The molecule has 1 aliphatic rings. The van der Waals surface area contributed by atoms with Crippen molar-refractivity contribution < 1.29 is 72.5 Å². The number of carboxylic acids is 1. The number of carbonyl (C=O) groups is 13. The van der Waals surface area contributed by atoms with Crippen LogP contribution in [0, 0.1) is 11.3 Å². The first-order valence-electron chi connectivity index (χ1n) is 29.0. The summed E-state index contributed by atoms with van der Waals surface area (Å²) >= 11 is 0. The zero-order chi connectivity index (χ0) is 66.5.